The van der Waals surface area contributed by atoms with Crippen LogP contribution in [0.4, 0.5) is 0 Å². The van der Waals surface area contributed by atoms with Gasteiger partial charge in [-0.2, -0.15) is 4.89 Å². The Morgan fingerprint density at radius 3 is 1.48 bits per heavy atom. The van der Waals surface area contributed by atoms with E-state index in [9.17, 15) is 9.59 Å². The summed E-state index contributed by atoms with van der Waals surface area (Å²) in [7, 11) is 0. The minimum atomic E-state index is -1.30. The number of carboxylic acid groups (broad SMARTS) is 1. The largest absolute Gasteiger partial charge is 0.479 e. The molecule has 8 nitrogen and oxygen atoms in total. The van der Waals surface area contributed by atoms with Crippen molar-refractivity contribution in [1.82, 2.24) is 0 Å². The number of carbonyl (C=O) groups excluding carboxylic acids is 1. The van der Waals surface area contributed by atoms with Crippen molar-refractivity contribution in [3.8, 4) is 0 Å². The van der Waals surface area contributed by atoms with E-state index in [-0.39, 0.29) is 0 Å². The van der Waals surface area contributed by atoms with Gasteiger partial charge in [-0.05, 0) is 80.2 Å². The van der Waals surface area contributed by atoms with Crippen molar-refractivity contribution in [2.24, 2.45) is 5.41 Å². The molecule has 0 fully saturated rings. The van der Waals surface area contributed by atoms with Crippen LogP contribution in [0.1, 0.15) is 102 Å². The summed E-state index contributed by atoms with van der Waals surface area (Å²) >= 11 is 0. The van der Waals surface area contributed by atoms with Crippen LogP contribution in [0, 0.1) is 5.41 Å². The van der Waals surface area contributed by atoms with Gasteiger partial charge in [0.05, 0.1) is 11.0 Å². The molecule has 0 aromatic carbocycles. The number of rotatable bonds is 11. The molecule has 8 heteroatoms. The normalized spacial score (nSPS) is 12.8. The van der Waals surface area contributed by atoms with Crippen LogP contribution in [0.3, 0.4) is 0 Å². The Balaban J connectivity index is 0. The molecule has 29 heavy (non-hydrogen) atoms. The number of hydrogen-bond donors (Lipinski definition) is 1. The summed E-state index contributed by atoms with van der Waals surface area (Å²) in [6, 6.07) is 0. The first kappa shape index (κ1) is 30.0. The zero-order valence-corrected chi connectivity index (χ0v) is 20.1. The van der Waals surface area contributed by atoms with Gasteiger partial charge in [-0.15, -0.1) is 0 Å². The first-order chi connectivity index (χ1) is 12.9. The van der Waals surface area contributed by atoms with E-state index in [1.807, 2.05) is 41.5 Å². The zero-order chi connectivity index (χ0) is 23.5. The van der Waals surface area contributed by atoms with Crippen molar-refractivity contribution >= 4 is 11.9 Å². The Morgan fingerprint density at radius 1 is 0.724 bits per heavy atom. The Kier molecular flexibility index (Phi) is 12.9. The molecule has 0 saturated heterocycles. The van der Waals surface area contributed by atoms with Crippen LogP contribution in [-0.4, -0.2) is 33.8 Å². The van der Waals surface area contributed by atoms with E-state index < -0.39 is 34.2 Å². The lowest BCUT2D eigenvalue weighted by Crippen LogP contribution is -2.38. The molecule has 0 saturated carbocycles. The quantitative estimate of drug-likeness (QED) is 0.349. The van der Waals surface area contributed by atoms with Gasteiger partial charge in [0.2, 0.25) is 0 Å². The van der Waals surface area contributed by atoms with Gasteiger partial charge in [0, 0.05) is 0 Å². The predicted octanol–water partition coefficient (Wildman–Crippen LogP) is 5.39. The van der Waals surface area contributed by atoms with E-state index in [2.05, 4.69) is 9.93 Å². The molecule has 0 aliphatic rings. The average molecular weight is 423 g/mol. The van der Waals surface area contributed by atoms with Crippen molar-refractivity contribution in [1.29, 1.82) is 0 Å². The molecule has 0 aliphatic heterocycles. The Labute approximate surface area is 176 Å². The molecule has 0 bridgehead atoms. The highest BCUT2D eigenvalue weighted by atomic mass is 17.5. The van der Waals surface area contributed by atoms with Gasteiger partial charge in [-0.3, -0.25) is 4.89 Å². The fourth-order valence-corrected chi connectivity index (χ4v) is 1.81. The average Bonchev–Trinajstić information content (AvgIpc) is 2.52. The molecule has 0 rings (SSSR count). The van der Waals surface area contributed by atoms with Crippen LogP contribution in [0.15, 0.2) is 0 Å². The number of carbonyl (C=O) groups is 2. The van der Waals surface area contributed by atoms with Gasteiger partial charge < -0.3 is 5.11 Å². The lowest BCUT2D eigenvalue weighted by Gasteiger charge is -2.27. The molecule has 0 aliphatic carbocycles. The van der Waals surface area contributed by atoms with Crippen LogP contribution in [0.5, 0.6) is 0 Å². The fourth-order valence-electron chi connectivity index (χ4n) is 1.81. The molecule has 174 valence electrons. The smallest absolute Gasteiger partial charge is 0.350 e. The van der Waals surface area contributed by atoms with Gasteiger partial charge in [0.25, 0.3) is 0 Å². The standard InChI is InChI=1S/C11H22O4.C10H20O4/c1-7-8-11(5,6)14-15-13-9(12)10(2,3)4;1-6-7-9(2,3)13-14-10(4,5)8(11)12/h7-8H2,1-6H3;6-7H2,1-5H3,(H,11,12). The molecular weight excluding hydrogens is 380 g/mol. The Morgan fingerprint density at radius 2 is 1.14 bits per heavy atom. The second kappa shape index (κ2) is 12.5. The van der Waals surface area contributed by atoms with Crippen LogP contribution >= 0.6 is 0 Å². The topological polar surface area (TPSA) is 101 Å². The monoisotopic (exact) mass is 422 g/mol. The van der Waals surface area contributed by atoms with Crippen LogP contribution in [0.25, 0.3) is 0 Å². The number of hydrogen-bond acceptors (Lipinski definition) is 7. The number of aliphatic carboxylic acids is 1. The second-order valence-corrected chi connectivity index (χ2v) is 9.77. The minimum absolute atomic E-state index is 0.438. The molecule has 0 aromatic heterocycles. The Hall–Kier alpha value is -1.22. The summed E-state index contributed by atoms with van der Waals surface area (Å²) in [5.41, 5.74) is -2.77. The highest BCUT2D eigenvalue weighted by Crippen LogP contribution is 2.21. The van der Waals surface area contributed by atoms with E-state index in [1.54, 1.807) is 20.8 Å². The van der Waals surface area contributed by atoms with E-state index in [0.29, 0.717) is 0 Å². The maximum Gasteiger partial charge on any atom is 0.350 e. The maximum atomic E-state index is 11.3. The van der Waals surface area contributed by atoms with Crippen LogP contribution in [-0.2, 0) is 34.2 Å². The van der Waals surface area contributed by atoms with Crippen molar-refractivity contribution in [2.75, 3.05) is 0 Å². The molecule has 0 unspecified atom stereocenters. The first-order valence-corrected chi connectivity index (χ1v) is 10.1. The van der Waals surface area contributed by atoms with Crippen molar-refractivity contribution in [3.05, 3.63) is 0 Å². The van der Waals surface area contributed by atoms with Crippen molar-refractivity contribution in [2.45, 2.75) is 119 Å². The van der Waals surface area contributed by atoms with E-state index >= 15 is 0 Å². The van der Waals surface area contributed by atoms with E-state index in [0.717, 1.165) is 25.7 Å². The second-order valence-electron chi connectivity index (χ2n) is 9.77. The third-order valence-electron chi connectivity index (χ3n) is 3.68. The molecule has 0 radical (unpaired) electrons. The summed E-state index contributed by atoms with van der Waals surface area (Å²) in [4.78, 5) is 41.5. The van der Waals surface area contributed by atoms with Crippen molar-refractivity contribution in [3.63, 3.8) is 0 Å². The maximum absolute atomic E-state index is 11.3. The molecule has 0 amide bonds. The van der Waals surface area contributed by atoms with E-state index in [4.69, 9.17) is 19.8 Å². The summed E-state index contributed by atoms with van der Waals surface area (Å²) in [5, 5.41) is 13.3. The highest BCUT2D eigenvalue weighted by Gasteiger charge is 2.32. The molecule has 0 atom stereocenters. The third-order valence-corrected chi connectivity index (χ3v) is 3.68. The van der Waals surface area contributed by atoms with Gasteiger partial charge in [0.15, 0.2) is 5.60 Å². The summed E-state index contributed by atoms with van der Waals surface area (Å²) in [5.74, 6) is -1.49. The summed E-state index contributed by atoms with van der Waals surface area (Å²) in [6.07, 6.45) is 3.59. The highest BCUT2D eigenvalue weighted by molar-refractivity contribution is 5.76. The Bertz CT molecular complexity index is 489. The SMILES string of the molecule is CCCC(C)(C)OOC(C)(C)C(=O)O.CCCC(C)(C)OOOC(=O)C(C)(C)C. The van der Waals surface area contributed by atoms with Crippen molar-refractivity contribution < 1.29 is 39.3 Å². The molecule has 0 heterocycles. The molecular formula is C21H42O8. The molecule has 1 N–H and O–H groups in total. The van der Waals surface area contributed by atoms with Gasteiger partial charge >= 0.3 is 11.9 Å². The first-order valence-electron chi connectivity index (χ1n) is 10.1. The van der Waals surface area contributed by atoms with Gasteiger partial charge in [0.1, 0.15) is 5.60 Å². The molecule has 0 spiro atoms. The fraction of sp³-hybridized carbons (Fsp3) is 0.905. The van der Waals surface area contributed by atoms with Gasteiger partial charge in [-0.25, -0.2) is 19.4 Å². The predicted molar refractivity (Wildman–Crippen MR) is 110 cm³/mol. The van der Waals surface area contributed by atoms with Gasteiger partial charge in [-0.1, -0.05) is 26.7 Å². The minimum Gasteiger partial charge on any atom is -0.479 e. The summed E-state index contributed by atoms with van der Waals surface area (Å²) < 4.78 is 0. The van der Waals surface area contributed by atoms with Crippen LogP contribution in [0.2, 0.25) is 0 Å². The van der Waals surface area contributed by atoms with Crippen LogP contribution < -0.4 is 0 Å². The van der Waals surface area contributed by atoms with E-state index in [1.165, 1.54) is 13.8 Å². The lowest BCUT2D eigenvalue weighted by atomic mass is 9.98. The summed E-state index contributed by atoms with van der Waals surface area (Å²) in [6.45, 7) is 19.7. The molecule has 0 aromatic rings. The number of carboxylic acids is 1. The zero-order valence-electron chi connectivity index (χ0n) is 20.1. The third kappa shape index (κ3) is 15.3. The lowest BCUT2D eigenvalue weighted by molar-refractivity contribution is -0.518.